The van der Waals surface area contributed by atoms with Gasteiger partial charge < -0.3 is 15.4 Å². The minimum atomic E-state index is -4.84. The predicted molar refractivity (Wildman–Crippen MR) is 111 cm³/mol. The van der Waals surface area contributed by atoms with E-state index in [1.807, 2.05) is 19.9 Å². The first-order valence-electron chi connectivity index (χ1n) is 9.80. The SMILES string of the molecule is CC1(C)CC[C@](O)(C(F)(F)F)[C@H](Nc2cccc3[nH]c(=O)ccc23)c2ccccc21. The zero-order valence-corrected chi connectivity index (χ0v) is 16.7. The number of anilines is 1. The second kappa shape index (κ2) is 6.87. The van der Waals surface area contributed by atoms with Crippen molar-refractivity contribution in [3.63, 3.8) is 0 Å². The van der Waals surface area contributed by atoms with Gasteiger partial charge in [0.2, 0.25) is 5.56 Å². The summed E-state index contributed by atoms with van der Waals surface area (Å²) < 4.78 is 42.7. The second-order valence-corrected chi connectivity index (χ2v) is 8.56. The lowest BCUT2D eigenvalue weighted by atomic mass is 9.79. The summed E-state index contributed by atoms with van der Waals surface area (Å²) in [4.78, 5) is 14.3. The Kier molecular flexibility index (Phi) is 4.69. The third-order valence-electron chi connectivity index (χ3n) is 6.17. The molecular formula is C23H23F3N2O2. The maximum Gasteiger partial charge on any atom is 0.419 e. The van der Waals surface area contributed by atoms with Crippen LogP contribution in [0.2, 0.25) is 0 Å². The van der Waals surface area contributed by atoms with Crippen molar-refractivity contribution in [1.29, 1.82) is 0 Å². The van der Waals surface area contributed by atoms with Gasteiger partial charge in [0.25, 0.3) is 0 Å². The van der Waals surface area contributed by atoms with E-state index in [9.17, 15) is 23.1 Å². The zero-order chi connectivity index (χ0) is 21.7. The van der Waals surface area contributed by atoms with Gasteiger partial charge in [0, 0.05) is 17.1 Å². The van der Waals surface area contributed by atoms with Crippen molar-refractivity contribution in [1.82, 2.24) is 4.98 Å². The first kappa shape index (κ1) is 20.5. The Labute approximate surface area is 171 Å². The number of aliphatic hydroxyl groups is 1. The quantitative estimate of drug-likeness (QED) is 0.513. The van der Waals surface area contributed by atoms with Crippen LogP contribution < -0.4 is 10.9 Å². The lowest BCUT2D eigenvalue weighted by molar-refractivity contribution is -0.269. The van der Waals surface area contributed by atoms with E-state index >= 15 is 0 Å². The van der Waals surface area contributed by atoms with Crippen molar-refractivity contribution in [2.45, 2.75) is 49.9 Å². The number of fused-ring (bicyclic) bond motifs is 2. The van der Waals surface area contributed by atoms with Crippen molar-refractivity contribution in [3.8, 4) is 0 Å². The van der Waals surface area contributed by atoms with E-state index < -0.39 is 29.7 Å². The molecule has 4 nitrogen and oxygen atoms in total. The van der Waals surface area contributed by atoms with Gasteiger partial charge >= 0.3 is 6.18 Å². The van der Waals surface area contributed by atoms with E-state index in [1.54, 1.807) is 42.5 Å². The highest BCUT2D eigenvalue weighted by molar-refractivity contribution is 5.91. The van der Waals surface area contributed by atoms with Gasteiger partial charge in [0.05, 0.1) is 11.6 Å². The number of rotatable bonds is 2. The van der Waals surface area contributed by atoms with Crippen LogP contribution in [0.3, 0.4) is 0 Å². The summed E-state index contributed by atoms with van der Waals surface area (Å²) in [6.07, 6.45) is -5.09. The van der Waals surface area contributed by atoms with E-state index in [-0.39, 0.29) is 12.0 Å². The summed E-state index contributed by atoms with van der Waals surface area (Å²) >= 11 is 0. The summed E-state index contributed by atoms with van der Waals surface area (Å²) in [5, 5.41) is 14.6. The molecule has 0 spiro atoms. The average Bonchev–Trinajstić information content (AvgIpc) is 2.77. The van der Waals surface area contributed by atoms with Crippen LogP contribution in [-0.4, -0.2) is 21.9 Å². The van der Waals surface area contributed by atoms with Gasteiger partial charge in [0.15, 0.2) is 5.60 Å². The molecule has 0 amide bonds. The highest BCUT2D eigenvalue weighted by atomic mass is 19.4. The molecule has 3 aromatic rings. The molecule has 0 bridgehead atoms. The number of benzene rings is 2. The van der Waals surface area contributed by atoms with E-state index in [0.29, 0.717) is 22.2 Å². The van der Waals surface area contributed by atoms with Crippen LogP contribution >= 0.6 is 0 Å². The van der Waals surface area contributed by atoms with Crippen LogP contribution in [0, 0.1) is 0 Å². The summed E-state index contributed by atoms with van der Waals surface area (Å²) in [7, 11) is 0. The molecule has 1 aliphatic rings. The molecule has 0 fully saturated rings. The summed E-state index contributed by atoms with van der Waals surface area (Å²) in [6.45, 7) is 3.79. The van der Waals surface area contributed by atoms with Crippen molar-refractivity contribution >= 4 is 16.6 Å². The molecular weight excluding hydrogens is 393 g/mol. The Bertz CT molecular complexity index is 1150. The molecule has 2 aromatic carbocycles. The number of aromatic nitrogens is 1. The molecule has 4 rings (SSSR count). The number of H-pyrrole nitrogens is 1. The molecule has 7 heteroatoms. The topological polar surface area (TPSA) is 65.1 Å². The van der Waals surface area contributed by atoms with Gasteiger partial charge in [-0.15, -0.1) is 0 Å². The predicted octanol–water partition coefficient (Wildman–Crippen LogP) is 5.05. The first-order valence-corrected chi connectivity index (χ1v) is 9.80. The highest BCUT2D eigenvalue weighted by Gasteiger charge is 2.60. The highest BCUT2D eigenvalue weighted by Crippen LogP contribution is 2.51. The van der Waals surface area contributed by atoms with Gasteiger partial charge in [-0.2, -0.15) is 13.2 Å². The Balaban J connectivity index is 1.93. The Morgan fingerprint density at radius 2 is 1.77 bits per heavy atom. The van der Waals surface area contributed by atoms with Crippen molar-refractivity contribution in [2.75, 3.05) is 5.32 Å². The fourth-order valence-corrected chi connectivity index (χ4v) is 4.38. The van der Waals surface area contributed by atoms with E-state index in [2.05, 4.69) is 10.3 Å². The zero-order valence-electron chi connectivity index (χ0n) is 16.7. The van der Waals surface area contributed by atoms with Crippen LogP contribution in [0.1, 0.15) is 43.9 Å². The molecule has 0 unspecified atom stereocenters. The minimum absolute atomic E-state index is 0.182. The second-order valence-electron chi connectivity index (χ2n) is 8.56. The molecule has 2 atom stereocenters. The summed E-state index contributed by atoms with van der Waals surface area (Å²) in [5.74, 6) is 0. The number of halogens is 3. The van der Waals surface area contributed by atoms with Crippen molar-refractivity contribution in [2.24, 2.45) is 0 Å². The largest absolute Gasteiger partial charge is 0.419 e. The number of alkyl halides is 3. The fraction of sp³-hybridized carbons (Fsp3) is 0.348. The van der Waals surface area contributed by atoms with Gasteiger partial charge in [-0.1, -0.05) is 44.2 Å². The molecule has 30 heavy (non-hydrogen) atoms. The monoisotopic (exact) mass is 416 g/mol. The number of pyridine rings is 1. The maximum atomic E-state index is 14.2. The smallest absolute Gasteiger partial charge is 0.379 e. The third-order valence-corrected chi connectivity index (χ3v) is 6.17. The third kappa shape index (κ3) is 3.27. The summed E-state index contributed by atoms with van der Waals surface area (Å²) in [5.41, 5.74) is -1.68. The Morgan fingerprint density at radius 1 is 1.03 bits per heavy atom. The molecule has 0 saturated carbocycles. The van der Waals surface area contributed by atoms with Crippen LogP contribution in [0.25, 0.3) is 10.9 Å². The van der Waals surface area contributed by atoms with E-state index in [1.165, 1.54) is 6.07 Å². The molecule has 158 valence electrons. The molecule has 0 saturated heterocycles. The van der Waals surface area contributed by atoms with Crippen LogP contribution in [0.5, 0.6) is 0 Å². The molecule has 1 heterocycles. The normalized spacial score (nSPS) is 23.6. The van der Waals surface area contributed by atoms with Crippen molar-refractivity contribution < 1.29 is 18.3 Å². The lowest BCUT2D eigenvalue weighted by Gasteiger charge is -2.38. The van der Waals surface area contributed by atoms with Gasteiger partial charge in [-0.3, -0.25) is 4.79 Å². The van der Waals surface area contributed by atoms with Gasteiger partial charge in [0.1, 0.15) is 0 Å². The molecule has 0 aliphatic heterocycles. The number of nitrogens with one attached hydrogen (secondary N) is 2. The molecule has 1 aliphatic carbocycles. The van der Waals surface area contributed by atoms with Crippen LogP contribution in [0.4, 0.5) is 18.9 Å². The van der Waals surface area contributed by atoms with Gasteiger partial charge in [-0.25, -0.2) is 0 Å². The number of aromatic amines is 1. The van der Waals surface area contributed by atoms with Gasteiger partial charge in [-0.05, 0) is 47.6 Å². The van der Waals surface area contributed by atoms with E-state index in [0.717, 1.165) is 5.56 Å². The average molecular weight is 416 g/mol. The number of hydrogen-bond donors (Lipinski definition) is 3. The van der Waals surface area contributed by atoms with Crippen LogP contribution in [-0.2, 0) is 5.41 Å². The Morgan fingerprint density at radius 3 is 2.50 bits per heavy atom. The summed E-state index contributed by atoms with van der Waals surface area (Å²) in [6, 6.07) is 13.4. The Hall–Kier alpha value is -2.80. The van der Waals surface area contributed by atoms with Crippen LogP contribution in [0.15, 0.2) is 59.4 Å². The van der Waals surface area contributed by atoms with E-state index in [4.69, 9.17) is 0 Å². The maximum absolute atomic E-state index is 14.2. The molecule has 3 N–H and O–H groups in total. The first-order chi connectivity index (χ1) is 14.0. The fourth-order valence-electron chi connectivity index (χ4n) is 4.38. The standard InChI is InChI=1S/C23H23F3N2O2/c1-21(2)12-13-22(30,23(24,25)26)20(14-6-3-4-7-16(14)21)28-18-9-5-8-17-15(18)10-11-19(29)27-17/h3-11,20,28,30H,12-13H2,1-2H3,(H,27,29)/t20-,22-/m1/s1. The number of hydrogen-bond acceptors (Lipinski definition) is 3. The molecule has 0 radical (unpaired) electrons. The molecule has 1 aromatic heterocycles. The minimum Gasteiger partial charge on any atom is -0.379 e. The lowest BCUT2D eigenvalue weighted by Crippen LogP contribution is -2.52. The van der Waals surface area contributed by atoms with Crippen molar-refractivity contribution in [3.05, 3.63) is 76.1 Å².